The Hall–Kier alpha value is -2.14. The van der Waals surface area contributed by atoms with E-state index < -0.39 is 0 Å². The van der Waals surface area contributed by atoms with Gasteiger partial charge in [-0.25, -0.2) is 4.98 Å². The van der Waals surface area contributed by atoms with E-state index >= 15 is 0 Å². The van der Waals surface area contributed by atoms with Crippen LogP contribution in [0.2, 0.25) is 5.02 Å². The Balaban J connectivity index is 1.93. The Morgan fingerprint density at radius 2 is 2.14 bits per heavy atom. The summed E-state index contributed by atoms with van der Waals surface area (Å²) in [4.78, 5) is 27.2. The van der Waals surface area contributed by atoms with Gasteiger partial charge < -0.3 is 10.1 Å². The van der Waals surface area contributed by atoms with Crippen LogP contribution in [0, 0.1) is 0 Å². The predicted octanol–water partition coefficient (Wildman–Crippen LogP) is 2.20. The van der Waals surface area contributed by atoms with Gasteiger partial charge in [0, 0.05) is 5.02 Å². The molecule has 1 aliphatic heterocycles. The average molecular weight is 304 g/mol. The van der Waals surface area contributed by atoms with Crippen LogP contribution in [0.15, 0.2) is 35.4 Å². The lowest BCUT2D eigenvalue weighted by molar-refractivity contribution is -0.108. The van der Waals surface area contributed by atoms with Crippen molar-refractivity contribution in [3.05, 3.63) is 57.2 Å². The average Bonchev–Trinajstić information content (AvgIpc) is 2.51. The fourth-order valence-corrected chi connectivity index (χ4v) is 2.67. The Kier molecular flexibility index (Phi) is 3.75. The first kappa shape index (κ1) is 13.8. The second kappa shape index (κ2) is 5.69. The monoisotopic (exact) mass is 303 g/mol. The summed E-state index contributed by atoms with van der Waals surface area (Å²) in [5.41, 5.74) is 2.12. The van der Waals surface area contributed by atoms with Crippen molar-refractivity contribution in [3.8, 4) is 0 Å². The van der Waals surface area contributed by atoms with Crippen molar-refractivity contribution in [2.45, 2.75) is 25.4 Å². The molecule has 0 unspecified atom stereocenters. The van der Waals surface area contributed by atoms with Crippen LogP contribution in [0.25, 0.3) is 0 Å². The molecule has 0 saturated heterocycles. The maximum absolute atomic E-state index is 12.3. The molecule has 0 spiro atoms. The Morgan fingerprint density at radius 3 is 2.86 bits per heavy atom. The van der Waals surface area contributed by atoms with Crippen molar-refractivity contribution in [1.82, 2.24) is 9.55 Å². The highest BCUT2D eigenvalue weighted by atomic mass is 35.5. The zero-order valence-electron chi connectivity index (χ0n) is 11.3. The zero-order chi connectivity index (χ0) is 14.8. The number of hydrogen-bond acceptors (Lipinski definition) is 4. The number of benzene rings is 1. The van der Waals surface area contributed by atoms with Gasteiger partial charge in [-0.1, -0.05) is 23.7 Å². The van der Waals surface area contributed by atoms with Crippen LogP contribution in [0.5, 0.6) is 0 Å². The standard InChI is InChI=1S/C15H14ClN3O2/c16-11-3-1-10(2-4-11)12-5-6-13-14(18-12)15(21)19(7-8-20)9-17-13/h1-4,8-9,12,18H,5-7H2/t12-/m0/s1. The topological polar surface area (TPSA) is 64.0 Å². The van der Waals surface area contributed by atoms with Gasteiger partial charge in [-0.2, -0.15) is 0 Å². The molecule has 0 bridgehead atoms. The van der Waals surface area contributed by atoms with Gasteiger partial charge in [-0.15, -0.1) is 0 Å². The summed E-state index contributed by atoms with van der Waals surface area (Å²) in [5, 5.41) is 3.93. The van der Waals surface area contributed by atoms with E-state index in [1.165, 1.54) is 10.9 Å². The zero-order valence-corrected chi connectivity index (χ0v) is 12.0. The minimum Gasteiger partial charge on any atom is -0.372 e. The van der Waals surface area contributed by atoms with E-state index in [2.05, 4.69) is 10.3 Å². The highest BCUT2D eigenvalue weighted by Gasteiger charge is 2.23. The molecule has 2 aromatic rings. The summed E-state index contributed by atoms with van der Waals surface area (Å²) in [6.45, 7) is 0.0202. The number of aromatic nitrogens is 2. The molecule has 0 fully saturated rings. The molecule has 1 atom stereocenters. The van der Waals surface area contributed by atoms with Gasteiger partial charge in [0.25, 0.3) is 5.56 Å². The van der Waals surface area contributed by atoms with Crippen LogP contribution < -0.4 is 10.9 Å². The minimum absolute atomic E-state index is 0.0202. The lowest BCUT2D eigenvalue weighted by Crippen LogP contribution is -2.31. The third-order valence-electron chi connectivity index (χ3n) is 3.65. The third kappa shape index (κ3) is 2.69. The Labute approximate surface area is 126 Å². The van der Waals surface area contributed by atoms with Crippen LogP contribution >= 0.6 is 11.6 Å². The molecule has 1 aromatic heterocycles. The first-order chi connectivity index (χ1) is 10.2. The number of nitrogens with one attached hydrogen (secondary N) is 1. The Bertz CT molecular complexity index is 725. The van der Waals surface area contributed by atoms with Gasteiger partial charge in [-0.05, 0) is 30.5 Å². The van der Waals surface area contributed by atoms with E-state index in [0.717, 1.165) is 24.1 Å². The smallest absolute Gasteiger partial charge is 0.277 e. The van der Waals surface area contributed by atoms with Crippen molar-refractivity contribution >= 4 is 23.6 Å². The molecular formula is C15H14ClN3O2. The third-order valence-corrected chi connectivity index (χ3v) is 3.90. The van der Waals surface area contributed by atoms with Crippen molar-refractivity contribution in [3.63, 3.8) is 0 Å². The number of carbonyl (C=O) groups is 1. The van der Waals surface area contributed by atoms with Gasteiger partial charge in [0.1, 0.15) is 12.0 Å². The highest BCUT2D eigenvalue weighted by molar-refractivity contribution is 6.30. The first-order valence-corrected chi connectivity index (χ1v) is 7.11. The lowest BCUT2D eigenvalue weighted by Gasteiger charge is -2.26. The minimum atomic E-state index is -0.203. The summed E-state index contributed by atoms with van der Waals surface area (Å²) in [7, 11) is 0. The second-order valence-corrected chi connectivity index (χ2v) is 5.41. The SMILES string of the molecule is O=CCn1cnc2c(c1=O)N[C@H](c1ccc(Cl)cc1)CC2. The first-order valence-electron chi connectivity index (χ1n) is 6.73. The van der Waals surface area contributed by atoms with Crippen molar-refractivity contribution < 1.29 is 4.79 Å². The number of anilines is 1. The van der Waals surface area contributed by atoms with Gasteiger partial charge >= 0.3 is 0 Å². The Morgan fingerprint density at radius 1 is 1.38 bits per heavy atom. The number of aldehydes is 1. The summed E-state index contributed by atoms with van der Waals surface area (Å²) < 4.78 is 1.31. The van der Waals surface area contributed by atoms with Gasteiger partial charge in [0.15, 0.2) is 0 Å². The van der Waals surface area contributed by atoms with Crippen LogP contribution in [-0.2, 0) is 17.8 Å². The maximum atomic E-state index is 12.3. The number of hydrogen-bond donors (Lipinski definition) is 1. The van der Waals surface area contributed by atoms with Crippen LogP contribution in [-0.4, -0.2) is 15.8 Å². The molecule has 21 heavy (non-hydrogen) atoms. The van der Waals surface area contributed by atoms with E-state index in [1.54, 1.807) is 0 Å². The molecule has 0 saturated carbocycles. The number of fused-ring (bicyclic) bond motifs is 1. The molecule has 1 aromatic carbocycles. The number of halogens is 1. The molecule has 0 aliphatic carbocycles. The van der Waals surface area contributed by atoms with E-state index in [4.69, 9.17) is 11.6 Å². The van der Waals surface area contributed by atoms with Crippen molar-refractivity contribution in [2.24, 2.45) is 0 Å². The largest absolute Gasteiger partial charge is 0.372 e. The molecule has 6 heteroatoms. The molecule has 5 nitrogen and oxygen atoms in total. The molecular weight excluding hydrogens is 290 g/mol. The number of rotatable bonds is 3. The summed E-state index contributed by atoms with van der Waals surface area (Å²) >= 11 is 5.90. The van der Waals surface area contributed by atoms with Gasteiger partial charge in [0.05, 0.1) is 24.6 Å². The molecule has 0 amide bonds. The van der Waals surface area contributed by atoms with Crippen LogP contribution in [0.3, 0.4) is 0 Å². The molecule has 0 radical (unpaired) electrons. The van der Waals surface area contributed by atoms with Crippen molar-refractivity contribution in [1.29, 1.82) is 0 Å². The molecule has 2 heterocycles. The van der Waals surface area contributed by atoms with E-state index in [1.807, 2.05) is 24.3 Å². The van der Waals surface area contributed by atoms with Crippen LogP contribution in [0.1, 0.15) is 23.7 Å². The number of nitrogens with zero attached hydrogens (tertiary/aromatic N) is 2. The molecule has 1 aliphatic rings. The maximum Gasteiger partial charge on any atom is 0.277 e. The predicted molar refractivity (Wildman–Crippen MR) is 80.7 cm³/mol. The highest BCUT2D eigenvalue weighted by Crippen LogP contribution is 2.29. The number of carbonyl (C=O) groups excluding carboxylic acids is 1. The normalized spacial score (nSPS) is 16.9. The van der Waals surface area contributed by atoms with Crippen molar-refractivity contribution in [2.75, 3.05) is 5.32 Å². The van der Waals surface area contributed by atoms with Gasteiger partial charge in [-0.3, -0.25) is 9.36 Å². The van der Waals surface area contributed by atoms with E-state index in [9.17, 15) is 9.59 Å². The summed E-state index contributed by atoms with van der Waals surface area (Å²) in [5.74, 6) is 0. The van der Waals surface area contributed by atoms with E-state index in [0.29, 0.717) is 17.0 Å². The molecule has 108 valence electrons. The fourth-order valence-electron chi connectivity index (χ4n) is 2.54. The molecule has 3 rings (SSSR count). The quantitative estimate of drug-likeness (QED) is 0.883. The number of aryl methyl sites for hydroxylation is 1. The summed E-state index contributed by atoms with van der Waals surface area (Å²) in [6, 6.07) is 7.62. The second-order valence-electron chi connectivity index (χ2n) is 4.98. The van der Waals surface area contributed by atoms with Crippen LogP contribution in [0.4, 0.5) is 5.69 Å². The van der Waals surface area contributed by atoms with E-state index in [-0.39, 0.29) is 18.1 Å². The fraction of sp³-hybridized carbons (Fsp3) is 0.267. The molecule has 1 N–H and O–H groups in total. The lowest BCUT2D eigenvalue weighted by atomic mass is 9.96. The van der Waals surface area contributed by atoms with Gasteiger partial charge in [0.2, 0.25) is 0 Å². The summed E-state index contributed by atoms with van der Waals surface area (Å²) in [6.07, 6.45) is 3.71.